The van der Waals surface area contributed by atoms with E-state index in [4.69, 9.17) is 5.73 Å². The van der Waals surface area contributed by atoms with Gasteiger partial charge in [-0.3, -0.25) is 4.79 Å². The van der Waals surface area contributed by atoms with Gasteiger partial charge in [0, 0.05) is 18.8 Å². The van der Waals surface area contributed by atoms with Gasteiger partial charge in [-0.2, -0.15) is 0 Å². The molecule has 1 heterocycles. The number of nitrogens with zero attached hydrogens (tertiary/aromatic N) is 1. The Morgan fingerprint density at radius 2 is 2.29 bits per heavy atom. The van der Waals surface area contributed by atoms with Gasteiger partial charge in [-0.05, 0) is 31.0 Å². The highest BCUT2D eigenvalue weighted by Gasteiger charge is 2.27. The number of aliphatic hydroxyl groups is 1. The lowest BCUT2D eigenvalue weighted by atomic mass is 10.1. The number of β-amino-alcohol motifs (C(OH)–C–C–N with tert-alkyl or cyclic N) is 1. The van der Waals surface area contributed by atoms with Crippen molar-refractivity contribution in [3.05, 3.63) is 29.1 Å². The van der Waals surface area contributed by atoms with E-state index in [1.54, 1.807) is 6.92 Å². The summed E-state index contributed by atoms with van der Waals surface area (Å²) < 4.78 is 13.8. The minimum Gasteiger partial charge on any atom is -0.399 e. The molecule has 0 saturated carbocycles. The highest BCUT2D eigenvalue weighted by atomic mass is 19.1. The molecular weight excluding hydrogens is 223 g/mol. The van der Waals surface area contributed by atoms with Crippen LogP contribution in [0.4, 0.5) is 10.1 Å². The van der Waals surface area contributed by atoms with Gasteiger partial charge in [0.2, 0.25) is 0 Å². The van der Waals surface area contributed by atoms with Crippen molar-refractivity contribution >= 4 is 11.6 Å². The molecule has 1 aromatic carbocycles. The number of rotatable bonds is 1. The van der Waals surface area contributed by atoms with Crippen molar-refractivity contribution in [3.8, 4) is 0 Å². The number of aliphatic hydroxyl groups excluding tert-OH is 1. The summed E-state index contributed by atoms with van der Waals surface area (Å²) in [7, 11) is 0. The molecule has 0 aliphatic carbocycles. The number of benzene rings is 1. The molecule has 1 fully saturated rings. The van der Waals surface area contributed by atoms with Crippen LogP contribution in [0.3, 0.4) is 0 Å². The van der Waals surface area contributed by atoms with E-state index in [9.17, 15) is 14.3 Å². The Morgan fingerprint density at radius 3 is 2.88 bits per heavy atom. The number of aryl methyl sites for hydroxylation is 1. The van der Waals surface area contributed by atoms with E-state index >= 15 is 0 Å². The lowest BCUT2D eigenvalue weighted by molar-refractivity contribution is 0.0760. The predicted octanol–water partition coefficient (Wildman–Crippen LogP) is 0.923. The van der Waals surface area contributed by atoms with Crippen LogP contribution in [-0.2, 0) is 0 Å². The summed E-state index contributed by atoms with van der Waals surface area (Å²) in [5.41, 5.74) is 6.31. The minimum absolute atomic E-state index is 0.0170. The third-order valence-corrected chi connectivity index (χ3v) is 2.96. The van der Waals surface area contributed by atoms with E-state index < -0.39 is 17.8 Å². The molecule has 4 nitrogen and oxygen atoms in total. The summed E-state index contributed by atoms with van der Waals surface area (Å²) in [6.07, 6.45) is 0.0263. The second kappa shape index (κ2) is 4.33. The maximum absolute atomic E-state index is 13.8. The van der Waals surface area contributed by atoms with Crippen molar-refractivity contribution < 1.29 is 14.3 Å². The SMILES string of the molecule is Cc1cc(N)cc(C(=O)N2CC[C@H](O)C2)c1F. The molecule has 1 saturated heterocycles. The Balaban J connectivity index is 2.31. The first kappa shape index (κ1) is 11.9. The van der Waals surface area contributed by atoms with Crippen molar-refractivity contribution in [1.82, 2.24) is 4.90 Å². The number of hydrogen-bond acceptors (Lipinski definition) is 3. The topological polar surface area (TPSA) is 66.6 Å². The Labute approximate surface area is 98.8 Å². The molecule has 1 amide bonds. The quantitative estimate of drug-likeness (QED) is 0.715. The summed E-state index contributed by atoms with van der Waals surface area (Å²) >= 11 is 0. The van der Waals surface area contributed by atoms with E-state index in [1.807, 2.05) is 0 Å². The number of nitrogen functional groups attached to an aromatic ring is 1. The highest BCUT2D eigenvalue weighted by molar-refractivity contribution is 5.95. The zero-order valence-corrected chi connectivity index (χ0v) is 9.61. The minimum atomic E-state index is -0.536. The molecule has 2 rings (SSSR count). The van der Waals surface area contributed by atoms with Gasteiger partial charge in [0.25, 0.3) is 5.91 Å². The molecule has 17 heavy (non-hydrogen) atoms. The van der Waals surface area contributed by atoms with Crippen LogP contribution >= 0.6 is 0 Å². The fourth-order valence-electron chi connectivity index (χ4n) is 2.05. The number of hydrogen-bond donors (Lipinski definition) is 2. The number of likely N-dealkylation sites (tertiary alicyclic amines) is 1. The van der Waals surface area contributed by atoms with Crippen molar-refractivity contribution in [2.75, 3.05) is 18.8 Å². The molecule has 0 aromatic heterocycles. The van der Waals surface area contributed by atoms with E-state index in [-0.39, 0.29) is 12.1 Å². The van der Waals surface area contributed by atoms with Gasteiger partial charge < -0.3 is 15.7 Å². The smallest absolute Gasteiger partial charge is 0.257 e. The first-order valence-electron chi connectivity index (χ1n) is 5.52. The molecule has 5 heteroatoms. The molecule has 1 atom stereocenters. The predicted molar refractivity (Wildman–Crippen MR) is 62.1 cm³/mol. The van der Waals surface area contributed by atoms with E-state index in [1.165, 1.54) is 17.0 Å². The maximum atomic E-state index is 13.8. The Bertz CT molecular complexity index is 462. The van der Waals surface area contributed by atoms with Crippen LogP contribution in [0.5, 0.6) is 0 Å². The monoisotopic (exact) mass is 238 g/mol. The number of carbonyl (C=O) groups is 1. The number of amides is 1. The van der Waals surface area contributed by atoms with Gasteiger partial charge >= 0.3 is 0 Å². The van der Waals surface area contributed by atoms with Gasteiger partial charge in [-0.25, -0.2) is 4.39 Å². The molecule has 1 aliphatic heterocycles. The van der Waals surface area contributed by atoms with Crippen LogP contribution in [-0.4, -0.2) is 35.1 Å². The molecule has 0 radical (unpaired) electrons. The summed E-state index contributed by atoms with van der Waals surface area (Å²) in [5.74, 6) is -0.944. The third-order valence-electron chi connectivity index (χ3n) is 2.96. The molecular formula is C12H15FN2O2. The van der Waals surface area contributed by atoms with Gasteiger partial charge in [0.1, 0.15) is 5.82 Å². The largest absolute Gasteiger partial charge is 0.399 e. The second-order valence-electron chi connectivity index (χ2n) is 4.39. The van der Waals surface area contributed by atoms with Crippen molar-refractivity contribution in [2.24, 2.45) is 0 Å². The number of nitrogens with two attached hydrogens (primary N) is 1. The summed E-state index contributed by atoms with van der Waals surface area (Å²) in [5, 5.41) is 9.36. The zero-order chi connectivity index (χ0) is 12.6. The Hall–Kier alpha value is -1.62. The third kappa shape index (κ3) is 2.24. The maximum Gasteiger partial charge on any atom is 0.257 e. The standard InChI is InChI=1S/C12H15FN2O2/c1-7-4-8(14)5-10(11(7)13)12(17)15-3-2-9(16)6-15/h4-5,9,16H,2-3,6,14H2,1H3/t9-/m0/s1. The van der Waals surface area contributed by atoms with Gasteiger partial charge in [-0.1, -0.05) is 0 Å². The first-order valence-corrected chi connectivity index (χ1v) is 5.52. The van der Waals surface area contributed by atoms with Gasteiger partial charge in [-0.15, -0.1) is 0 Å². The van der Waals surface area contributed by atoms with E-state index in [0.29, 0.717) is 24.2 Å². The van der Waals surface area contributed by atoms with Crippen LogP contribution in [0.25, 0.3) is 0 Å². The van der Waals surface area contributed by atoms with Crippen LogP contribution < -0.4 is 5.73 Å². The molecule has 1 aliphatic rings. The average Bonchev–Trinajstić information content (AvgIpc) is 2.69. The molecule has 0 spiro atoms. The summed E-state index contributed by atoms with van der Waals surface area (Å²) in [6, 6.07) is 2.83. The molecule has 0 bridgehead atoms. The van der Waals surface area contributed by atoms with Crippen molar-refractivity contribution in [1.29, 1.82) is 0 Å². The van der Waals surface area contributed by atoms with E-state index in [0.717, 1.165) is 0 Å². The average molecular weight is 238 g/mol. The molecule has 3 N–H and O–H groups in total. The number of halogens is 1. The zero-order valence-electron chi connectivity index (χ0n) is 9.61. The lowest BCUT2D eigenvalue weighted by Gasteiger charge is -2.16. The van der Waals surface area contributed by atoms with Crippen LogP contribution in [0.15, 0.2) is 12.1 Å². The van der Waals surface area contributed by atoms with Gasteiger partial charge in [0.05, 0.1) is 11.7 Å². The Kier molecular flexibility index (Phi) is 3.02. The fourth-order valence-corrected chi connectivity index (χ4v) is 2.05. The first-order chi connectivity index (χ1) is 7.99. The number of carbonyl (C=O) groups excluding carboxylic acids is 1. The molecule has 92 valence electrons. The lowest BCUT2D eigenvalue weighted by Crippen LogP contribution is -2.30. The second-order valence-corrected chi connectivity index (χ2v) is 4.39. The number of anilines is 1. The fraction of sp³-hybridized carbons (Fsp3) is 0.417. The van der Waals surface area contributed by atoms with Crippen LogP contribution in [0.1, 0.15) is 22.3 Å². The summed E-state index contributed by atoms with van der Waals surface area (Å²) in [6.45, 7) is 2.28. The van der Waals surface area contributed by atoms with Gasteiger partial charge in [0.15, 0.2) is 0 Å². The van der Waals surface area contributed by atoms with Crippen LogP contribution in [0, 0.1) is 12.7 Å². The normalized spacial score (nSPS) is 19.7. The van der Waals surface area contributed by atoms with Crippen molar-refractivity contribution in [2.45, 2.75) is 19.4 Å². The Morgan fingerprint density at radius 1 is 1.59 bits per heavy atom. The summed E-state index contributed by atoms with van der Waals surface area (Å²) in [4.78, 5) is 13.5. The molecule has 0 unspecified atom stereocenters. The highest BCUT2D eigenvalue weighted by Crippen LogP contribution is 2.20. The van der Waals surface area contributed by atoms with E-state index in [2.05, 4.69) is 0 Å². The van der Waals surface area contributed by atoms with Crippen molar-refractivity contribution in [3.63, 3.8) is 0 Å². The van der Waals surface area contributed by atoms with Crippen LogP contribution in [0.2, 0.25) is 0 Å². The molecule has 1 aromatic rings.